The maximum Gasteiger partial charge on any atom is 0.227 e. The summed E-state index contributed by atoms with van der Waals surface area (Å²) in [4.78, 5) is 14.0. The first kappa shape index (κ1) is 15.8. The Morgan fingerprint density at radius 3 is 2.74 bits per heavy atom. The molecule has 0 fully saturated rings. The van der Waals surface area contributed by atoms with Crippen LogP contribution >= 0.6 is 11.6 Å². The number of hydrogen-bond acceptors (Lipinski definition) is 3. The van der Waals surface area contributed by atoms with Crippen LogP contribution in [0, 0.1) is 5.92 Å². The van der Waals surface area contributed by atoms with E-state index in [0.29, 0.717) is 11.6 Å². The molecule has 106 valence electrons. The highest BCUT2D eigenvalue weighted by Crippen LogP contribution is 2.28. The molecular formula is C14H22ClN3O. The second kappa shape index (κ2) is 7.36. The Morgan fingerprint density at radius 1 is 1.47 bits per heavy atom. The fourth-order valence-corrected chi connectivity index (χ4v) is 1.98. The van der Waals surface area contributed by atoms with Gasteiger partial charge in [0.25, 0.3) is 0 Å². The van der Waals surface area contributed by atoms with Gasteiger partial charge in [0.1, 0.15) is 0 Å². The third kappa shape index (κ3) is 4.73. The number of rotatable bonds is 6. The zero-order chi connectivity index (χ0) is 14.4. The second-order valence-electron chi connectivity index (χ2n) is 4.88. The lowest BCUT2D eigenvalue weighted by atomic mass is 10.0. The number of nitrogens with two attached hydrogens (primary N) is 1. The van der Waals surface area contributed by atoms with Crippen LogP contribution in [0.1, 0.15) is 19.8 Å². The number of hydrogen-bond donors (Lipinski definition) is 2. The SMILES string of the molecule is CC(CCCN)C(=O)Nc1cc(Cl)ccc1N(C)C. The Hall–Kier alpha value is -1.26. The zero-order valence-corrected chi connectivity index (χ0v) is 12.5. The highest BCUT2D eigenvalue weighted by Gasteiger charge is 2.15. The predicted molar refractivity (Wildman–Crippen MR) is 81.9 cm³/mol. The van der Waals surface area contributed by atoms with Gasteiger partial charge in [0.05, 0.1) is 11.4 Å². The quantitative estimate of drug-likeness (QED) is 0.844. The molecule has 1 amide bonds. The number of benzene rings is 1. The van der Waals surface area contributed by atoms with Crippen LogP contribution in [0.2, 0.25) is 5.02 Å². The average Bonchev–Trinajstić information content (AvgIpc) is 2.35. The molecule has 1 aromatic carbocycles. The van der Waals surface area contributed by atoms with Gasteiger partial charge in [-0.3, -0.25) is 4.79 Å². The van der Waals surface area contributed by atoms with Crippen molar-refractivity contribution in [2.45, 2.75) is 19.8 Å². The molecule has 0 heterocycles. The van der Waals surface area contributed by atoms with E-state index in [2.05, 4.69) is 5.32 Å². The van der Waals surface area contributed by atoms with Gasteiger partial charge in [-0.05, 0) is 37.6 Å². The van der Waals surface area contributed by atoms with E-state index >= 15 is 0 Å². The molecule has 0 radical (unpaired) electrons. The number of carbonyl (C=O) groups is 1. The van der Waals surface area contributed by atoms with Gasteiger partial charge < -0.3 is 16.0 Å². The van der Waals surface area contributed by atoms with E-state index in [1.807, 2.05) is 38.1 Å². The molecule has 0 saturated heterocycles. The molecule has 1 unspecified atom stereocenters. The molecule has 0 bridgehead atoms. The van der Waals surface area contributed by atoms with E-state index < -0.39 is 0 Å². The van der Waals surface area contributed by atoms with Crippen molar-refractivity contribution in [1.29, 1.82) is 0 Å². The lowest BCUT2D eigenvalue weighted by Crippen LogP contribution is -2.22. The molecule has 1 rings (SSSR count). The number of nitrogens with one attached hydrogen (secondary N) is 1. The minimum atomic E-state index is -0.0578. The third-order valence-corrected chi connectivity index (χ3v) is 3.22. The molecule has 0 aliphatic carbocycles. The molecule has 0 aliphatic rings. The summed E-state index contributed by atoms with van der Waals surface area (Å²) in [5.74, 6) is -0.0589. The van der Waals surface area contributed by atoms with Crippen molar-refractivity contribution in [2.24, 2.45) is 11.7 Å². The van der Waals surface area contributed by atoms with Crippen molar-refractivity contribution in [3.8, 4) is 0 Å². The minimum absolute atomic E-state index is 0.00110. The standard InChI is InChI=1S/C14H22ClN3O/c1-10(5-4-8-16)14(19)17-12-9-11(15)6-7-13(12)18(2)3/h6-7,9-10H,4-5,8,16H2,1-3H3,(H,17,19). The minimum Gasteiger partial charge on any atom is -0.376 e. The van der Waals surface area contributed by atoms with Gasteiger partial charge in [-0.25, -0.2) is 0 Å². The summed E-state index contributed by atoms with van der Waals surface area (Å²) in [7, 11) is 3.85. The Bertz CT molecular complexity index is 435. The molecule has 19 heavy (non-hydrogen) atoms. The number of anilines is 2. The summed E-state index contributed by atoms with van der Waals surface area (Å²) in [5.41, 5.74) is 7.13. The van der Waals surface area contributed by atoms with Gasteiger partial charge in [-0.2, -0.15) is 0 Å². The van der Waals surface area contributed by atoms with Crippen molar-refractivity contribution in [3.63, 3.8) is 0 Å². The van der Waals surface area contributed by atoms with Crippen LogP contribution < -0.4 is 16.0 Å². The zero-order valence-electron chi connectivity index (χ0n) is 11.7. The number of nitrogens with zero attached hydrogens (tertiary/aromatic N) is 1. The first-order valence-corrected chi connectivity index (χ1v) is 6.81. The van der Waals surface area contributed by atoms with Gasteiger partial charge >= 0.3 is 0 Å². The number of carbonyl (C=O) groups excluding carboxylic acids is 1. The van der Waals surface area contributed by atoms with Gasteiger partial charge in [0, 0.05) is 25.0 Å². The highest BCUT2D eigenvalue weighted by molar-refractivity contribution is 6.31. The molecule has 0 spiro atoms. The highest BCUT2D eigenvalue weighted by atomic mass is 35.5. The molecule has 0 aliphatic heterocycles. The van der Waals surface area contributed by atoms with E-state index in [-0.39, 0.29) is 11.8 Å². The lowest BCUT2D eigenvalue weighted by Gasteiger charge is -2.19. The van der Waals surface area contributed by atoms with Crippen molar-refractivity contribution in [2.75, 3.05) is 30.9 Å². The maximum absolute atomic E-state index is 12.1. The summed E-state index contributed by atoms with van der Waals surface area (Å²) < 4.78 is 0. The first-order chi connectivity index (χ1) is 8.95. The third-order valence-electron chi connectivity index (χ3n) is 2.99. The summed E-state index contributed by atoms with van der Waals surface area (Å²) in [6.45, 7) is 2.52. The van der Waals surface area contributed by atoms with Crippen molar-refractivity contribution in [1.82, 2.24) is 0 Å². The van der Waals surface area contributed by atoms with Crippen molar-refractivity contribution < 1.29 is 4.79 Å². The Kier molecular flexibility index (Phi) is 6.12. The average molecular weight is 284 g/mol. The molecule has 4 nitrogen and oxygen atoms in total. The fraction of sp³-hybridized carbons (Fsp3) is 0.500. The fourth-order valence-electron chi connectivity index (χ4n) is 1.81. The van der Waals surface area contributed by atoms with Crippen LogP contribution in [0.25, 0.3) is 0 Å². The normalized spacial score (nSPS) is 12.1. The summed E-state index contributed by atoms with van der Waals surface area (Å²) in [6.07, 6.45) is 1.64. The number of amides is 1. The van der Waals surface area contributed by atoms with Crippen molar-refractivity contribution in [3.05, 3.63) is 23.2 Å². The summed E-state index contributed by atoms with van der Waals surface area (Å²) >= 11 is 5.98. The van der Waals surface area contributed by atoms with Crippen LogP contribution in [0.15, 0.2) is 18.2 Å². The molecule has 0 saturated carbocycles. The maximum atomic E-state index is 12.1. The Balaban J connectivity index is 2.80. The Morgan fingerprint density at radius 2 is 2.16 bits per heavy atom. The van der Waals surface area contributed by atoms with Crippen molar-refractivity contribution >= 4 is 28.9 Å². The summed E-state index contributed by atoms with van der Waals surface area (Å²) in [5, 5.41) is 3.54. The predicted octanol–water partition coefficient (Wildman–Crippen LogP) is 2.72. The van der Waals surface area contributed by atoms with E-state index in [9.17, 15) is 4.79 Å². The monoisotopic (exact) mass is 283 g/mol. The second-order valence-corrected chi connectivity index (χ2v) is 5.31. The van der Waals surface area contributed by atoms with Gasteiger partial charge in [0.15, 0.2) is 0 Å². The van der Waals surface area contributed by atoms with Gasteiger partial charge in [-0.15, -0.1) is 0 Å². The van der Waals surface area contributed by atoms with Gasteiger partial charge in [-0.1, -0.05) is 18.5 Å². The van der Waals surface area contributed by atoms with E-state index in [4.69, 9.17) is 17.3 Å². The van der Waals surface area contributed by atoms with Gasteiger partial charge in [0.2, 0.25) is 5.91 Å². The molecular weight excluding hydrogens is 262 g/mol. The summed E-state index contributed by atoms with van der Waals surface area (Å²) in [6, 6.07) is 5.47. The van der Waals surface area contributed by atoms with Crippen LogP contribution in [-0.2, 0) is 4.79 Å². The smallest absolute Gasteiger partial charge is 0.227 e. The Labute approximate surface area is 119 Å². The van der Waals surface area contributed by atoms with Crippen LogP contribution in [0.5, 0.6) is 0 Å². The largest absolute Gasteiger partial charge is 0.376 e. The van der Waals surface area contributed by atoms with E-state index in [0.717, 1.165) is 24.2 Å². The first-order valence-electron chi connectivity index (χ1n) is 6.43. The molecule has 1 aromatic rings. The van der Waals surface area contributed by atoms with Crippen LogP contribution in [-0.4, -0.2) is 26.5 Å². The van der Waals surface area contributed by atoms with E-state index in [1.165, 1.54) is 0 Å². The molecule has 5 heteroatoms. The van der Waals surface area contributed by atoms with E-state index in [1.54, 1.807) is 6.07 Å². The molecule has 0 aromatic heterocycles. The molecule has 3 N–H and O–H groups in total. The molecule has 1 atom stereocenters. The topological polar surface area (TPSA) is 58.4 Å². The number of halogens is 1. The van der Waals surface area contributed by atoms with Crippen LogP contribution in [0.3, 0.4) is 0 Å². The van der Waals surface area contributed by atoms with Crippen LogP contribution in [0.4, 0.5) is 11.4 Å². The lowest BCUT2D eigenvalue weighted by molar-refractivity contribution is -0.119.